The minimum atomic E-state index is -3.86. The van der Waals surface area contributed by atoms with E-state index in [1.165, 1.54) is 16.4 Å². The minimum Gasteiger partial charge on any atom is -0.489 e. The Morgan fingerprint density at radius 2 is 1.74 bits per heavy atom. The molecule has 0 bridgehead atoms. The number of amides is 2. The number of pyridine rings is 1. The van der Waals surface area contributed by atoms with Gasteiger partial charge in [-0.2, -0.15) is 4.31 Å². The minimum absolute atomic E-state index is 0.121. The molecule has 10 nitrogen and oxygen atoms in total. The third-order valence-corrected chi connectivity index (χ3v) is 9.23. The maximum atomic E-state index is 13.4. The molecule has 1 aromatic heterocycles. The topological polar surface area (TPSA) is 138 Å². The average molecular weight is 589 g/mol. The molecule has 1 saturated heterocycles. The number of rotatable bonds is 9. The van der Waals surface area contributed by atoms with Crippen molar-refractivity contribution in [1.82, 2.24) is 20.1 Å². The van der Waals surface area contributed by atoms with Gasteiger partial charge in [-0.05, 0) is 68.3 Å². The van der Waals surface area contributed by atoms with Gasteiger partial charge in [0.2, 0.25) is 15.9 Å². The summed E-state index contributed by atoms with van der Waals surface area (Å²) in [6.07, 6.45) is 0.477. The summed E-state index contributed by atoms with van der Waals surface area (Å²) in [4.78, 5) is 30.3. The maximum absolute atomic E-state index is 13.4. The summed E-state index contributed by atoms with van der Waals surface area (Å²) in [5.41, 5.74) is 3.48. The highest BCUT2D eigenvalue weighted by atomic mass is 32.2. The van der Waals surface area contributed by atoms with Crippen LogP contribution in [0.1, 0.15) is 40.9 Å². The smallest absolute Gasteiger partial charge is 0.251 e. The number of aromatic nitrogens is 1. The van der Waals surface area contributed by atoms with Gasteiger partial charge in [0, 0.05) is 35.3 Å². The van der Waals surface area contributed by atoms with Gasteiger partial charge in [0.15, 0.2) is 0 Å². The highest BCUT2D eigenvalue weighted by Crippen LogP contribution is 2.30. The lowest BCUT2D eigenvalue weighted by molar-refractivity contribution is -0.131. The lowest BCUT2D eigenvalue weighted by atomic mass is 9.86. The first-order chi connectivity index (χ1) is 20.2. The molecule has 0 radical (unpaired) electrons. The number of para-hydroxylation sites is 1. The first-order valence-electron chi connectivity index (χ1n) is 13.6. The maximum Gasteiger partial charge on any atom is 0.251 e. The highest BCUT2D eigenvalue weighted by Gasteiger charge is 2.42. The number of hydrogen-bond acceptors (Lipinski definition) is 7. The summed E-state index contributed by atoms with van der Waals surface area (Å²) >= 11 is 0. The van der Waals surface area contributed by atoms with Crippen molar-refractivity contribution in [3.63, 3.8) is 0 Å². The van der Waals surface area contributed by atoms with Crippen molar-refractivity contribution < 1.29 is 28.0 Å². The van der Waals surface area contributed by atoms with Gasteiger partial charge in [-0.3, -0.25) is 19.8 Å². The van der Waals surface area contributed by atoms with Crippen LogP contribution in [-0.2, 0) is 21.4 Å². The van der Waals surface area contributed by atoms with Crippen LogP contribution < -0.4 is 15.5 Å². The number of carbonyl (C=O) groups is 2. The molecule has 218 valence electrons. The predicted molar refractivity (Wildman–Crippen MR) is 156 cm³/mol. The van der Waals surface area contributed by atoms with Gasteiger partial charge >= 0.3 is 0 Å². The predicted octanol–water partition coefficient (Wildman–Crippen LogP) is 3.97. The van der Waals surface area contributed by atoms with Crippen LogP contribution in [0.3, 0.4) is 0 Å². The zero-order valence-electron chi connectivity index (χ0n) is 23.1. The molecule has 11 heteroatoms. The number of hydroxylamine groups is 1. The van der Waals surface area contributed by atoms with Gasteiger partial charge in [0.25, 0.3) is 5.91 Å². The van der Waals surface area contributed by atoms with Crippen LogP contribution in [0.15, 0.2) is 89.8 Å². The number of nitrogens with zero attached hydrogens (tertiary/aromatic N) is 2. The second kappa shape index (κ2) is 12.3. The normalized spacial score (nSPS) is 17.5. The lowest BCUT2D eigenvalue weighted by Crippen LogP contribution is -2.61. The molecule has 3 N–H and O–H groups in total. The molecule has 5 rings (SSSR count). The monoisotopic (exact) mass is 588 g/mol. The van der Waals surface area contributed by atoms with Gasteiger partial charge < -0.3 is 10.1 Å². The number of carbonyl (C=O) groups excluding carboxylic acids is 2. The van der Waals surface area contributed by atoms with Crippen molar-refractivity contribution >= 4 is 32.7 Å². The quantitative estimate of drug-likeness (QED) is 0.199. The molecule has 1 atom stereocenters. The fourth-order valence-electron chi connectivity index (χ4n) is 5.36. The molecular formula is C31H32N4O6S. The van der Waals surface area contributed by atoms with E-state index < -0.39 is 27.4 Å². The van der Waals surface area contributed by atoms with Crippen LogP contribution in [0.2, 0.25) is 0 Å². The summed E-state index contributed by atoms with van der Waals surface area (Å²) in [6, 6.07) is 24.4. The van der Waals surface area contributed by atoms with Gasteiger partial charge in [-0.1, -0.05) is 36.4 Å². The molecule has 2 amide bonds. The number of sulfonamides is 1. The Morgan fingerprint density at radius 1 is 1.02 bits per heavy atom. The number of hydrogen-bond donors (Lipinski definition) is 3. The Bertz CT molecular complexity index is 1700. The first kappa shape index (κ1) is 29.2. The fraction of sp³-hybridized carbons (Fsp3) is 0.258. The van der Waals surface area contributed by atoms with E-state index >= 15 is 0 Å². The van der Waals surface area contributed by atoms with Crippen LogP contribution in [0.5, 0.6) is 5.75 Å². The van der Waals surface area contributed by atoms with E-state index in [9.17, 15) is 23.2 Å². The Kier molecular flexibility index (Phi) is 8.53. The van der Waals surface area contributed by atoms with Crippen LogP contribution in [-0.4, -0.2) is 53.4 Å². The molecule has 42 heavy (non-hydrogen) atoms. The molecule has 1 aliphatic heterocycles. The van der Waals surface area contributed by atoms with Crippen molar-refractivity contribution in [2.45, 2.75) is 43.2 Å². The fourth-order valence-corrected chi connectivity index (χ4v) is 6.95. The SMILES string of the molecule is Cc1cc(COc2ccc(C(=O)NC3(CC(=O)NO)CCCN(S(=O)(=O)c4ccccc4)C3)cc2)c2ccccc2n1. The molecule has 2 heterocycles. The van der Waals surface area contributed by atoms with E-state index in [4.69, 9.17) is 4.74 Å². The van der Waals surface area contributed by atoms with Crippen LogP contribution in [0.4, 0.5) is 0 Å². The molecule has 0 saturated carbocycles. The highest BCUT2D eigenvalue weighted by molar-refractivity contribution is 7.89. The van der Waals surface area contributed by atoms with Gasteiger partial charge in [0.1, 0.15) is 12.4 Å². The van der Waals surface area contributed by atoms with E-state index in [0.29, 0.717) is 30.8 Å². The summed E-state index contributed by atoms with van der Waals surface area (Å²) in [5, 5.41) is 13.1. The van der Waals surface area contributed by atoms with Crippen LogP contribution >= 0.6 is 0 Å². The Hall–Kier alpha value is -4.32. The van der Waals surface area contributed by atoms with E-state index in [1.54, 1.807) is 47.9 Å². The largest absolute Gasteiger partial charge is 0.489 e. The third kappa shape index (κ3) is 6.43. The molecule has 1 unspecified atom stereocenters. The van der Waals surface area contributed by atoms with Crippen molar-refractivity contribution in [2.75, 3.05) is 13.1 Å². The number of ether oxygens (including phenoxy) is 1. The molecule has 3 aromatic carbocycles. The van der Waals surface area contributed by atoms with Crippen molar-refractivity contribution in [2.24, 2.45) is 0 Å². The van der Waals surface area contributed by atoms with Crippen LogP contribution in [0.25, 0.3) is 10.9 Å². The molecular weight excluding hydrogens is 556 g/mol. The van der Waals surface area contributed by atoms with E-state index in [0.717, 1.165) is 22.2 Å². The number of piperidine rings is 1. The Morgan fingerprint density at radius 3 is 2.48 bits per heavy atom. The van der Waals surface area contributed by atoms with Crippen molar-refractivity contribution in [3.8, 4) is 5.75 Å². The van der Waals surface area contributed by atoms with Gasteiger partial charge in [-0.25, -0.2) is 13.9 Å². The molecule has 0 aliphatic carbocycles. The second-order valence-electron chi connectivity index (χ2n) is 10.5. The standard InChI is InChI=1S/C31H32N4O6S/c1-22-18-24(27-10-5-6-11-28(27)32-22)20-41-25-14-12-23(13-15-25)30(37)33-31(19-29(36)34-38)16-7-17-35(21-31)42(39,40)26-8-3-2-4-9-26/h2-6,8-15,18,38H,7,16-17,19-21H2,1H3,(H,33,37)(H,34,36). The molecule has 4 aromatic rings. The van der Waals surface area contributed by atoms with Crippen LogP contribution in [0, 0.1) is 6.92 Å². The lowest BCUT2D eigenvalue weighted by Gasteiger charge is -2.42. The van der Waals surface area contributed by atoms with E-state index in [-0.39, 0.29) is 24.4 Å². The first-order valence-corrected chi connectivity index (χ1v) is 15.0. The van der Waals surface area contributed by atoms with E-state index in [2.05, 4.69) is 10.3 Å². The molecule has 1 aliphatic rings. The third-order valence-electron chi connectivity index (χ3n) is 7.37. The number of fused-ring (bicyclic) bond motifs is 1. The van der Waals surface area contributed by atoms with Crippen molar-refractivity contribution in [1.29, 1.82) is 0 Å². The van der Waals surface area contributed by atoms with Gasteiger partial charge in [-0.15, -0.1) is 0 Å². The Labute approximate surface area is 244 Å². The zero-order valence-corrected chi connectivity index (χ0v) is 23.9. The number of nitrogens with one attached hydrogen (secondary N) is 2. The molecule has 0 spiro atoms. The summed E-state index contributed by atoms with van der Waals surface area (Å²) in [5.74, 6) is -0.629. The number of benzene rings is 3. The van der Waals surface area contributed by atoms with Gasteiger partial charge in [0.05, 0.1) is 22.4 Å². The zero-order chi connectivity index (χ0) is 29.7. The van der Waals surface area contributed by atoms with E-state index in [1.807, 2.05) is 37.3 Å². The molecule has 1 fully saturated rings. The summed E-state index contributed by atoms with van der Waals surface area (Å²) in [6.45, 7) is 2.38. The number of aryl methyl sites for hydroxylation is 1. The van der Waals surface area contributed by atoms with Crippen molar-refractivity contribution in [3.05, 3.63) is 102 Å². The Balaban J connectivity index is 1.31. The second-order valence-corrected chi connectivity index (χ2v) is 12.4. The average Bonchev–Trinajstić information content (AvgIpc) is 3.00. The summed E-state index contributed by atoms with van der Waals surface area (Å²) < 4.78 is 33.9. The summed E-state index contributed by atoms with van der Waals surface area (Å²) in [7, 11) is -3.86.